The molecule has 0 radical (unpaired) electrons. The predicted octanol–water partition coefficient (Wildman–Crippen LogP) is 5.38. The van der Waals surface area contributed by atoms with Gasteiger partial charge in [0.05, 0.1) is 9.82 Å². The van der Waals surface area contributed by atoms with Crippen LogP contribution >= 0.6 is 0 Å². The Kier molecular flexibility index (Phi) is 6.77. The van der Waals surface area contributed by atoms with Crippen LogP contribution in [-0.4, -0.2) is 30.7 Å². The summed E-state index contributed by atoms with van der Waals surface area (Å²) in [6.07, 6.45) is 3.59. The lowest BCUT2D eigenvalue weighted by atomic mass is 9.98. The molecule has 1 aliphatic rings. The van der Waals surface area contributed by atoms with Crippen LogP contribution in [0.5, 0.6) is 11.5 Å². The third kappa shape index (κ3) is 4.82. The van der Waals surface area contributed by atoms with Crippen molar-refractivity contribution in [3.05, 3.63) is 57.6 Å². The van der Waals surface area contributed by atoms with E-state index in [0.29, 0.717) is 24.8 Å². The third-order valence-corrected chi connectivity index (χ3v) is 7.32. The largest absolute Gasteiger partial charge is 0.450 e. The second-order valence-corrected chi connectivity index (χ2v) is 9.92. The fourth-order valence-corrected chi connectivity index (χ4v) is 5.34. The summed E-state index contributed by atoms with van der Waals surface area (Å²) in [5.41, 5.74) is 1.85. The van der Waals surface area contributed by atoms with E-state index < -0.39 is 14.9 Å². The molecule has 0 saturated carbocycles. The SMILES string of the molecule is Cc1cc(Oc2ccc(S(=O)(=O)N3CCCCCC3)cc2[N+](=O)[O-])ccc1C(C)C. The zero-order chi connectivity index (χ0) is 21.9. The number of ether oxygens (including phenoxy) is 1. The van der Waals surface area contributed by atoms with E-state index in [4.69, 9.17) is 4.74 Å². The Hall–Kier alpha value is -2.45. The molecule has 0 amide bonds. The molecule has 0 N–H and O–H groups in total. The van der Waals surface area contributed by atoms with E-state index in [2.05, 4.69) is 13.8 Å². The Morgan fingerprint density at radius 1 is 1.03 bits per heavy atom. The highest BCUT2D eigenvalue weighted by atomic mass is 32.2. The smallest absolute Gasteiger partial charge is 0.312 e. The van der Waals surface area contributed by atoms with Gasteiger partial charge in [-0.3, -0.25) is 10.1 Å². The highest BCUT2D eigenvalue weighted by Gasteiger charge is 2.28. The molecule has 3 rings (SSSR count). The van der Waals surface area contributed by atoms with E-state index >= 15 is 0 Å². The van der Waals surface area contributed by atoms with Crippen LogP contribution in [0.1, 0.15) is 56.6 Å². The van der Waals surface area contributed by atoms with Crippen molar-refractivity contribution in [3.63, 3.8) is 0 Å². The normalized spacial score (nSPS) is 15.7. The van der Waals surface area contributed by atoms with Crippen molar-refractivity contribution in [2.75, 3.05) is 13.1 Å². The van der Waals surface area contributed by atoms with Gasteiger partial charge >= 0.3 is 5.69 Å². The molecule has 162 valence electrons. The van der Waals surface area contributed by atoms with Crippen LogP contribution < -0.4 is 4.74 Å². The number of aryl methyl sites for hydroxylation is 1. The number of benzene rings is 2. The molecule has 8 heteroatoms. The summed E-state index contributed by atoms with van der Waals surface area (Å²) in [6, 6.07) is 9.41. The minimum Gasteiger partial charge on any atom is -0.450 e. The maximum atomic E-state index is 13.0. The van der Waals surface area contributed by atoms with Gasteiger partial charge in [0.1, 0.15) is 5.75 Å². The first-order chi connectivity index (χ1) is 14.2. The van der Waals surface area contributed by atoms with E-state index in [0.717, 1.165) is 37.3 Å². The average molecular weight is 433 g/mol. The fraction of sp³-hybridized carbons (Fsp3) is 0.455. The molecule has 0 unspecified atom stereocenters. The van der Waals surface area contributed by atoms with Gasteiger partial charge in [-0.25, -0.2) is 8.42 Å². The predicted molar refractivity (Wildman–Crippen MR) is 116 cm³/mol. The van der Waals surface area contributed by atoms with Gasteiger partial charge in [-0.05, 0) is 61.1 Å². The highest BCUT2D eigenvalue weighted by Crippen LogP contribution is 2.35. The quantitative estimate of drug-likeness (QED) is 0.451. The summed E-state index contributed by atoms with van der Waals surface area (Å²) < 4.78 is 33.2. The van der Waals surface area contributed by atoms with Gasteiger partial charge in [0.2, 0.25) is 15.8 Å². The number of hydrogen-bond acceptors (Lipinski definition) is 5. The summed E-state index contributed by atoms with van der Waals surface area (Å²) in [6.45, 7) is 7.04. The molecule has 0 aromatic heterocycles. The Morgan fingerprint density at radius 3 is 2.27 bits per heavy atom. The van der Waals surface area contributed by atoms with Crippen LogP contribution in [0.15, 0.2) is 41.3 Å². The van der Waals surface area contributed by atoms with Gasteiger partial charge in [-0.1, -0.05) is 32.8 Å². The monoisotopic (exact) mass is 432 g/mol. The number of nitro benzene ring substituents is 1. The molecule has 1 saturated heterocycles. The molecule has 2 aromatic rings. The van der Waals surface area contributed by atoms with Crippen LogP contribution in [0.25, 0.3) is 0 Å². The number of nitrogens with zero attached hydrogens (tertiary/aromatic N) is 2. The van der Waals surface area contributed by atoms with Crippen LogP contribution in [0.4, 0.5) is 5.69 Å². The Labute approximate surface area is 177 Å². The maximum absolute atomic E-state index is 13.0. The van der Waals surface area contributed by atoms with Gasteiger partial charge in [0.15, 0.2) is 0 Å². The van der Waals surface area contributed by atoms with Crippen molar-refractivity contribution in [1.82, 2.24) is 4.31 Å². The first kappa shape index (κ1) is 22.2. The van der Waals surface area contributed by atoms with Gasteiger partial charge in [-0.2, -0.15) is 4.31 Å². The van der Waals surface area contributed by atoms with E-state index in [9.17, 15) is 18.5 Å². The fourth-order valence-electron chi connectivity index (χ4n) is 3.80. The number of rotatable bonds is 6. The maximum Gasteiger partial charge on any atom is 0.312 e. The van der Waals surface area contributed by atoms with Crippen molar-refractivity contribution in [3.8, 4) is 11.5 Å². The molecular formula is C22H28N2O5S. The van der Waals surface area contributed by atoms with Crippen LogP contribution in [-0.2, 0) is 10.0 Å². The summed E-state index contributed by atoms with van der Waals surface area (Å²) in [4.78, 5) is 11.0. The molecule has 2 aromatic carbocycles. The second kappa shape index (κ2) is 9.14. The van der Waals surface area contributed by atoms with Gasteiger partial charge < -0.3 is 4.74 Å². The van der Waals surface area contributed by atoms with Gasteiger partial charge in [0, 0.05) is 19.2 Å². The first-order valence-electron chi connectivity index (χ1n) is 10.3. The van der Waals surface area contributed by atoms with Crippen LogP contribution in [0, 0.1) is 17.0 Å². The lowest BCUT2D eigenvalue weighted by Crippen LogP contribution is -2.31. The summed E-state index contributed by atoms with van der Waals surface area (Å²) >= 11 is 0. The number of nitro groups is 1. The minimum atomic E-state index is -3.78. The molecule has 1 aliphatic heterocycles. The molecule has 30 heavy (non-hydrogen) atoms. The first-order valence-corrected chi connectivity index (χ1v) is 11.7. The van der Waals surface area contributed by atoms with E-state index in [-0.39, 0.29) is 16.3 Å². The Morgan fingerprint density at radius 2 is 1.70 bits per heavy atom. The molecule has 0 spiro atoms. The summed E-state index contributed by atoms with van der Waals surface area (Å²) in [5, 5.41) is 11.6. The number of hydrogen-bond donors (Lipinski definition) is 0. The molecule has 0 aliphatic carbocycles. The lowest BCUT2D eigenvalue weighted by molar-refractivity contribution is -0.385. The molecule has 0 bridgehead atoms. The van der Waals surface area contributed by atoms with Gasteiger partial charge in [0.25, 0.3) is 0 Å². The third-order valence-electron chi connectivity index (χ3n) is 5.42. The molecule has 1 fully saturated rings. The molecule has 1 heterocycles. The molecule has 7 nitrogen and oxygen atoms in total. The summed E-state index contributed by atoms with van der Waals surface area (Å²) in [7, 11) is -3.78. The van der Waals surface area contributed by atoms with E-state index in [1.54, 1.807) is 6.07 Å². The van der Waals surface area contributed by atoms with E-state index in [1.165, 1.54) is 22.0 Å². The van der Waals surface area contributed by atoms with Crippen molar-refractivity contribution >= 4 is 15.7 Å². The zero-order valence-electron chi connectivity index (χ0n) is 17.6. The number of sulfonamides is 1. The van der Waals surface area contributed by atoms with Crippen molar-refractivity contribution in [2.45, 2.75) is 57.3 Å². The summed E-state index contributed by atoms with van der Waals surface area (Å²) in [5.74, 6) is 0.853. The Balaban J connectivity index is 1.92. The lowest BCUT2D eigenvalue weighted by Gasteiger charge is -2.20. The molecular weight excluding hydrogens is 404 g/mol. The molecule has 0 atom stereocenters. The van der Waals surface area contributed by atoms with Crippen LogP contribution in [0.3, 0.4) is 0 Å². The van der Waals surface area contributed by atoms with Crippen LogP contribution in [0.2, 0.25) is 0 Å². The second-order valence-electron chi connectivity index (χ2n) is 7.98. The van der Waals surface area contributed by atoms with Crippen molar-refractivity contribution < 1.29 is 18.1 Å². The minimum absolute atomic E-state index is 0.0199. The van der Waals surface area contributed by atoms with Crippen molar-refractivity contribution in [2.24, 2.45) is 0 Å². The van der Waals surface area contributed by atoms with Gasteiger partial charge in [-0.15, -0.1) is 0 Å². The zero-order valence-corrected chi connectivity index (χ0v) is 18.4. The van der Waals surface area contributed by atoms with E-state index in [1.807, 2.05) is 19.1 Å². The van der Waals surface area contributed by atoms with Crippen molar-refractivity contribution in [1.29, 1.82) is 0 Å². The topological polar surface area (TPSA) is 89.8 Å². The highest BCUT2D eigenvalue weighted by molar-refractivity contribution is 7.89. The Bertz CT molecular complexity index is 1030. The average Bonchev–Trinajstić information content (AvgIpc) is 2.98. The standard InChI is InChI=1S/C22H28N2O5S/c1-16(2)20-10-8-18(14-17(20)3)29-22-11-9-19(15-21(22)24(25)26)30(27,28)23-12-6-4-5-7-13-23/h8-11,14-16H,4-7,12-13H2,1-3H3.